The van der Waals surface area contributed by atoms with Crippen LogP contribution in [0.25, 0.3) is 11.3 Å². The van der Waals surface area contributed by atoms with Crippen LogP contribution in [0.15, 0.2) is 23.6 Å². The van der Waals surface area contributed by atoms with Crippen LogP contribution in [-0.2, 0) is 6.42 Å². The zero-order chi connectivity index (χ0) is 13.3. The highest BCUT2D eigenvalue weighted by molar-refractivity contribution is 7.09. The molecule has 2 nitrogen and oxygen atoms in total. The quantitative estimate of drug-likeness (QED) is 0.927. The highest BCUT2D eigenvalue weighted by atomic mass is 32.1. The van der Waals surface area contributed by atoms with E-state index >= 15 is 0 Å². The summed E-state index contributed by atoms with van der Waals surface area (Å²) in [7, 11) is 0. The largest absolute Gasteiger partial charge is 0.325 e. The Labute approximate surface area is 108 Å². The smallest absolute Gasteiger partial charge is 0.132 e. The van der Waals surface area contributed by atoms with Crippen molar-refractivity contribution in [3.63, 3.8) is 0 Å². The fourth-order valence-corrected chi connectivity index (χ4v) is 2.63. The Morgan fingerprint density at radius 2 is 2.06 bits per heavy atom. The van der Waals surface area contributed by atoms with Crippen LogP contribution in [0.2, 0.25) is 0 Å². The van der Waals surface area contributed by atoms with E-state index in [1.54, 1.807) is 5.38 Å². The molecule has 0 aliphatic rings. The van der Waals surface area contributed by atoms with Gasteiger partial charge in [0.2, 0.25) is 0 Å². The van der Waals surface area contributed by atoms with Gasteiger partial charge in [-0.1, -0.05) is 0 Å². The molecule has 2 aromatic rings. The van der Waals surface area contributed by atoms with Crippen molar-refractivity contribution < 1.29 is 8.78 Å². The van der Waals surface area contributed by atoms with Gasteiger partial charge in [-0.3, -0.25) is 0 Å². The highest BCUT2D eigenvalue weighted by Gasteiger charge is 2.16. The minimum Gasteiger partial charge on any atom is -0.325 e. The molecule has 2 rings (SSSR count). The van der Waals surface area contributed by atoms with Crippen LogP contribution in [-0.4, -0.2) is 10.5 Å². The fourth-order valence-electron chi connectivity index (χ4n) is 1.60. The normalized spacial score (nSPS) is 11.8. The summed E-state index contributed by atoms with van der Waals surface area (Å²) in [4.78, 5) is 4.30. The average molecular weight is 268 g/mol. The third-order valence-corrected chi connectivity index (χ3v) is 3.21. The maximum atomic E-state index is 13.6. The minimum atomic E-state index is -0.472. The summed E-state index contributed by atoms with van der Waals surface area (Å²) < 4.78 is 26.7. The predicted molar refractivity (Wildman–Crippen MR) is 69.4 cm³/mol. The van der Waals surface area contributed by atoms with Crippen LogP contribution in [0.5, 0.6) is 0 Å². The first-order chi connectivity index (χ1) is 8.35. The Morgan fingerprint density at radius 1 is 1.33 bits per heavy atom. The van der Waals surface area contributed by atoms with E-state index < -0.39 is 11.6 Å². The molecule has 0 radical (unpaired) electrons. The molecule has 2 N–H and O–H groups in total. The third-order valence-electron chi connectivity index (χ3n) is 2.36. The molecule has 0 saturated carbocycles. The summed E-state index contributed by atoms with van der Waals surface area (Å²) in [5, 5.41) is 2.54. The van der Waals surface area contributed by atoms with Crippen LogP contribution in [0.1, 0.15) is 18.9 Å². The second kappa shape index (κ2) is 4.74. The van der Waals surface area contributed by atoms with Gasteiger partial charge >= 0.3 is 0 Å². The monoisotopic (exact) mass is 268 g/mol. The molecule has 5 heteroatoms. The molecule has 0 aliphatic heterocycles. The van der Waals surface area contributed by atoms with E-state index in [-0.39, 0.29) is 11.1 Å². The van der Waals surface area contributed by atoms with Crippen molar-refractivity contribution in [1.29, 1.82) is 0 Å². The highest BCUT2D eigenvalue weighted by Crippen LogP contribution is 2.26. The lowest BCUT2D eigenvalue weighted by atomic mass is 10.0. The van der Waals surface area contributed by atoms with E-state index in [1.165, 1.54) is 11.3 Å². The number of rotatable bonds is 3. The first kappa shape index (κ1) is 13.1. The number of halogens is 2. The summed E-state index contributed by atoms with van der Waals surface area (Å²) >= 11 is 1.41. The first-order valence-corrected chi connectivity index (χ1v) is 6.42. The van der Waals surface area contributed by atoms with Gasteiger partial charge in [0.05, 0.1) is 10.7 Å². The van der Waals surface area contributed by atoms with Crippen LogP contribution < -0.4 is 5.73 Å². The number of nitrogens with two attached hydrogens (primary N) is 1. The second-order valence-electron chi connectivity index (χ2n) is 4.92. The molecule has 0 atom stereocenters. The number of thiazole rings is 1. The lowest BCUT2D eigenvalue weighted by Gasteiger charge is -2.15. The van der Waals surface area contributed by atoms with E-state index in [2.05, 4.69) is 4.98 Å². The summed E-state index contributed by atoms with van der Waals surface area (Å²) in [5.41, 5.74) is 6.18. The molecule has 0 amide bonds. The molecule has 0 bridgehead atoms. The van der Waals surface area contributed by atoms with E-state index in [0.29, 0.717) is 12.1 Å². The number of aromatic nitrogens is 1. The fraction of sp³-hybridized carbons (Fsp3) is 0.308. The molecule has 0 spiro atoms. The topological polar surface area (TPSA) is 38.9 Å². The first-order valence-electron chi connectivity index (χ1n) is 5.54. The Bertz CT molecular complexity index is 558. The second-order valence-corrected chi connectivity index (χ2v) is 5.86. The van der Waals surface area contributed by atoms with Crippen molar-refractivity contribution in [3.8, 4) is 11.3 Å². The molecule has 1 aromatic heterocycles. The third kappa shape index (κ3) is 3.11. The Morgan fingerprint density at radius 3 is 2.72 bits per heavy atom. The van der Waals surface area contributed by atoms with E-state index in [0.717, 1.165) is 23.2 Å². The standard InChI is InChI=1S/C13H14F2N2S/c1-13(2,16)6-12-17-11(7-18-12)9-5-8(14)3-4-10(9)15/h3-5,7H,6,16H2,1-2H3. The van der Waals surface area contributed by atoms with Crippen molar-refractivity contribution in [2.75, 3.05) is 0 Å². The predicted octanol–water partition coefficient (Wildman–Crippen LogP) is 3.37. The molecule has 1 heterocycles. The summed E-state index contributed by atoms with van der Waals surface area (Å²) in [5.74, 6) is -0.944. The molecular formula is C13H14F2N2S. The Kier molecular flexibility index (Phi) is 3.45. The van der Waals surface area contributed by atoms with Gasteiger partial charge in [-0.05, 0) is 32.0 Å². The zero-order valence-electron chi connectivity index (χ0n) is 10.2. The summed E-state index contributed by atoms with van der Waals surface area (Å²) in [6.45, 7) is 3.80. The minimum absolute atomic E-state index is 0.187. The Balaban J connectivity index is 2.32. The molecule has 0 saturated heterocycles. The van der Waals surface area contributed by atoms with Crippen molar-refractivity contribution in [1.82, 2.24) is 4.98 Å². The lowest BCUT2D eigenvalue weighted by molar-refractivity contribution is 0.515. The maximum absolute atomic E-state index is 13.6. The number of nitrogens with zero attached hydrogens (tertiary/aromatic N) is 1. The van der Waals surface area contributed by atoms with E-state index in [1.807, 2.05) is 13.8 Å². The summed E-state index contributed by atoms with van der Waals surface area (Å²) in [6, 6.07) is 3.35. The molecule has 18 heavy (non-hydrogen) atoms. The molecule has 0 fully saturated rings. The van der Waals surface area contributed by atoms with Gasteiger partial charge in [-0.15, -0.1) is 11.3 Å². The lowest BCUT2D eigenvalue weighted by Crippen LogP contribution is -2.34. The van der Waals surface area contributed by atoms with E-state index in [4.69, 9.17) is 5.73 Å². The zero-order valence-corrected chi connectivity index (χ0v) is 11.0. The van der Waals surface area contributed by atoms with Gasteiger partial charge in [-0.2, -0.15) is 0 Å². The summed E-state index contributed by atoms with van der Waals surface area (Å²) in [6.07, 6.45) is 0.606. The van der Waals surface area contributed by atoms with Gasteiger partial charge in [0.1, 0.15) is 11.6 Å². The number of benzene rings is 1. The molecular weight excluding hydrogens is 254 g/mol. The SMILES string of the molecule is CC(C)(N)Cc1nc(-c2cc(F)ccc2F)cs1. The van der Waals surface area contributed by atoms with Crippen LogP contribution in [0.3, 0.4) is 0 Å². The molecule has 0 aliphatic carbocycles. The average Bonchev–Trinajstić information content (AvgIpc) is 2.67. The Hall–Kier alpha value is -1.33. The molecule has 96 valence electrons. The molecule has 1 aromatic carbocycles. The van der Waals surface area contributed by atoms with Crippen molar-refractivity contribution >= 4 is 11.3 Å². The molecule has 0 unspecified atom stereocenters. The van der Waals surface area contributed by atoms with Gasteiger partial charge in [0, 0.05) is 22.9 Å². The van der Waals surface area contributed by atoms with Crippen LogP contribution in [0.4, 0.5) is 8.78 Å². The van der Waals surface area contributed by atoms with E-state index in [9.17, 15) is 8.78 Å². The van der Waals surface area contributed by atoms with Crippen molar-refractivity contribution in [2.45, 2.75) is 25.8 Å². The van der Waals surface area contributed by atoms with Crippen molar-refractivity contribution in [3.05, 3.63) is 40.2 Å². The number of hydrogen-bond acceptors (Lipinski definition) is 3. The van der Waals surface area contributed by atoms with Gasteiger partial charge in [0.15, 0.2) is 0 Å². The number of hydrogen-bond donors (Lipinski definition) is 1. The van der Waals surface area contributed by atoms with Gasteiger partial charge in [0.25, 0.3) is 0 Å². The van der Waals surface area contributed by atoms with Crippen molar-refractivity contribution in [2.24, 2.45) is 5.73 Å². The maximum Gasteiger partial charge on any atom is 0.132 e. The van der Waals surface area contributed by atoms with Gasteiger partial charge in [-0.25, -0.2) is 13.8 Å². The van der Waals surface area contributed by atoms with Gasteiger partial charge < -0.3 is 5.73 Å². The van der Waals surface area contributed by atoms with Crippen LogP contribution >= 0.6 is 11.3 Å². The van der Waals surface area contributed by atoms with Crippen LogP contribution in [0, 0.1) is 11.6 Å².